The van der Waals surface area contributed by atoms with Crippen molar-refractivity contribution in [2.24, 2.45) is 0 Å². The number of carbonyl (C=O) groups is 1. The van der Waals surface area contributed by atoms with Crippen LogP contribution in [0, 0.1) is 6.92 Å². The number of halogens is 3. The molecule has 0 atom stereocenters. The first-order valence-corrected chi connectivity index (χ1v) is 10.3. The number of alkyl halides is 3. The summed E-state index contributed by atoms with van der Waals surface area (Å²) in [4.78, 5) is 23.3. The highest BCUT2D eigenvalue weighted by molar-refractivity contribution is 6.07. The Morgan fingerprint density at radius 2 is 1.85 bits per heavy atom. The van der Waals surface area contributed by atoms with Crippen molar-refractivity contribution in [1.82, 2.24) is 19.7 Å². The van der Waals surface area contributed by atoms with E-state index in [2.05, 4.69) is 15.1 Å². The number of anilines is 1. The third-order valence-electron chi connectivity index (χ3n) is 5.78. The van der Waals surface area contributed by atoms with Gasteiger partial charge in [0.05, 0.1) is 29.4 Å². The highest BCUT2D eigenvalue weighted by atomic mass is 19.4. The number of aliphatic hydroxyl groups excluding tert-OH is 1. The van der Waals surface area contributed by atoms with Crippen molar-refractivity contribution in [3.8, 4) is 11.4 Å². The molecule has 1 aliphatic heterocycles. The second-order valence-corrected chi connectivity index (χ2v) is 7.97. The average Bonchev–Trinajstić information content (AvgIpc) is 3.24. The summed E-state index contributed by atoms with van der Waals surface area (Å²) in [5.41, 5.74) is 1.82. The van der Waals surface area contributed by atoms with Crippen molar-refractivity contribution in [2.75, 3.05) is 11.4 Å². The van der Waals surface area contributed by atoms with Crippen LogP contribution in [-0.4, -0.2) is 42.4 Å². The zero-order valence-corrected chi connectivity index (χ0v) is 17.8. The first-order chi connectivity index (χ1) is 16.1. The Bertz CT molecular complexity index is 1430. The summed E-state index contributed by atoms with van der Waals surface area (Å²) in [5.74, 6) is -0.0548. The molecule has 4 aromatic rings. The summed E-state index contributed by atoms with van der Waals surface area (Å²) in [6.45, 7) is 2.56. The SMILES string of the molecule is Cc1cc(-c2ncc3cc(C(F)(F)F)ccc3n2)ccc1N1CCn2ncc(C(O)O)c2C1=O. The molecule has 1 aliphatic rings. The highest BCUT2D eigenvalue weighted by Gasteiger charge is 2.32. The molecule has 0 radical (unpaired) electrons. The Balaban J connectivity index is 1.47. The Morgan fingerprint density at radius 1 is 1.06 bits per heavy atom. The fraction of sp³-hybridized carbons (Fsp3) is 0.217. The molecule has 2 aromatic carbocycles. The van der Waals surface area contributed by atoms with Gasteiger partial charge in [0, 0.05) is 29.4 Å². The van der Waals surface area contributed by atoms with Gasteiger partial charge in [-0.05, 0) is 48.9 Å². The summed E-state index contributed by atoms with van der Waals surface area (Å²) >= 11 is 0. The molecular weight excluding hydrogens is 451 g/mol. The highest BCUT2D eigenvalue weighted by Crippen LogP contribution is 2.33. The molecule has 2 N–H and O–H groups in total. The molecule has 0 saturated heterocycles. The van der Waals surface area contributed by atoms with Gasteiger partial charge in [-0.25, -0.2) is 9.97 Å². The van der Waals surface area contributed by atoms with Crippen molar-refractivity contribution in [3.05, 3.63) is 71.2 Å². The predicted molar refractivity (Wildman–Crippen MR) is 116 cm³/mol. The van der Waals surface area contributed by atoms with Gasteiger partial charge < -0.3 is 15.1 Å². The molecule has 8 nitrogen and oxygen atoms in total. The molecule has 0 unspecified atom stereocenters. The molecule has 0 saturated carbocycles. The maximum atomic E-state index is 13.1. The summed E-state index contributed by atoms with van der Waals surface area (Å²) < 4.78 is 40.3. The molecule has 5 rings (SSSR count). The van der Waals surface area contributed by atoms with Crippen LogP contribution in [0.3, 0.4) is 0 Å². The standard InChI is InChI=1S/C23H18F3N5O3/c1-12-8-13(20-27-10-14-9-15(23(24,25)26)3-4-17(14)29-20)2-5-18(12)30-6-7-31-19(21(30)32)16(11-28-31)22(33)34/h2-5,8-11,22,33-34H,6-7H2,1H3. The second kappa shape index (κ2) is 7.89. The molecule has 34 heavy (non-hydrogen) atoms. The number of carbonyl (C=O) groups excluding carboxylic acids is 1. The van der Waals surface area contributed by atoms with Crippen molar-refractivity contribution in [2.45, 2.75) is 25.9 Å². The zero-order chi connectivity index (χ0) is 24.2. The molecule has 0 aliphatic carbocycles. The van der Waals surface area contributed by atoms with Gasteiger partial charge in [0.2, 0.25) is 0 Å². The van der Waals surface area contributed by atoms with Gasteiger partial charge in [-0.2, -0.15) is 18.3 Å². The first-order valence-electron chi connectivity index (χ1n) is 10.3. The predicted octanol–water partition coefficient (Wildman–Crippen LogP) is 3.46. The minimum Gasteiger partial charge on any atom is -0.364 e. The number of amides is 1. The maximum Gasteiger partial charge on any atom is 0.416 e. The van der Waals surface area contributed by atoms with Crippen LogP contribution in [0.2, 0.25) is 0 Å². The summed E-state index contributed by atoms with van der Waals surface area (Å²) in [5, 5.41) is 23.4. The monoisotopic (exact) mass is 469 g/mol. The summed E-state index contributed by atoms with van der Waals surface area (Å²) in [6, 6.07) is 8.57. The molecule has 11 heteroatoms. The zero-order valence-electron chi connectivity index (χ0n) is 17.8. The minimum atomic E-state index is -4.45. The number of aryl methyl sites for hydroxylation is 1. The van der Waals surface area contributed by atoms with Gasteiger partial charge in [-0.3, -0.25) is 9.48 Å². The van der Waals surface area contributed by atoms with E-state index in [0.717, 1.165) is 17.7 Å². The van der Waals surface area contributed by atoms with Crippen molar-refractivity contribution < 1.29 is 28.2 Å². The van der Waals surface area contributed by atoms with Crippen molar-refractivity contribution in [3.63, 3.8) is 0 Å². The fourth-order valence-corrected chi connectivity index (χ4v) is 4.09. The van der Waals surface area contributed by atoms with Gasteiger partial charge in [-0.1, -0.05) is 0 Å². The Hall–Kier alpha value is -3.83. The number of rotatable bonds is 3. The van der Waals surface area contributed by atoms with Crippen LogP contribution in [0.1, 0.15) is 33.5 Å². The van der Waals surface area contributed by atoms with Gasteiger partial charge in [0.25, 0.3) is 5.91 Å². The first kappa shape index (κ1) is 22.0. The van der Waals surface area contributed by atoms with E-state index in [-0.39, 0.29) is 16.6 Å². The van der Waals surface area contributed by atoms with Gasteiger partial charge >= 0.3 is 6.18 Å². The molecule has 1 amide bonds. The maximum absolute atomic E-state index is 13.1. The lowest BCUT2D eigenvalue weighted by Gasteiger charge is -2.29. The summed E-state index contributed by atoms with van der Waals surface area (Å²) in [6.07, 6.45) is -3.63. The van der Waals surface area contributed by atoms with E-state index in [1.165, 1.54) is 23.1 Å². The minimum absolute atomic E-state index is 0.0437. The number of hydrogen-bond acceptors (Lipinski definition) is 6. The lowest BCUT2D eigenvalue weighted by Crippen LogP contribution is -2.41. The van der Waals surface area contributed by atoms with Gasteiger partial charge in [-0.15, -0.1) is 0 Å². The van der Waals surface area contributed by atoms with Gasteiger partial charge in [0.15, 0.2) is 12.1 Å². The molecule has 3 heterocycles. The Morgan fingerprint density at radius 3 is 2.56 bits per heavy atom. The normalized spacial score (nSPS) is 14.2. The summed E-state index contributed by atoms with van der Waals surface area (Å²) in [7, 11) is 0. The van der Waals surface area contributed by atoms with Crippen LogP contribution in [0.15, 0.2) is 48.8 Å². The Kier molecular flexibility index (Phi) is 5.10. The number of aromatic nitrogens is 4. The largest absolute Gasteiger partial charge is 0.416 e. The molecule has 0 fully saturated rings. The number of benzene rings is 2. The van der Waals surface area contributed by atoms with Crippen molar-refractivity contribution in [1.29, 1.82) is 0 Å². The van der Waals surface area contributed by atoms with E-state index < -0.39 is 23.9 Å². The molecule has 2 aromatic heterocycles. The van der Waals surface area contributed by atoms with Crippen LogP contribution < -0.4 is 4.90 Å². The second-order valence-electron chi connectivity index (χ2n) is 7.97. The van der Waals surface area contributed by atoms with Crippen LogP contribution in [0.4, 0.5) is 18.9 Å². The van der Waals surface area contributed by atoms with Crippen LogP contribution in [0.25, 0.3) is 22.3 Å². The van der Waals surface area contributed by atoms with E-state index in [1.54, 1.807) is 23.1 Å². The number of hydrogen-bond donors (Lipinski definition) is 2. The smallest absolute Gasteiger partial charge is 0.364 e. The van der Waals surface area contributed by atoms with E-state index in [0.29, 0.717) is 35.7 Å². The van der Waals surface area contributed by atoms with E-state index >= 15 is 0 Å². The lowest BCUT2D eigenvalue weighted by atomic mass is 10.1. The third-order valence-corrected chi connectivity index (χ3v) is 5.78. The van der Waals surface area contributed by atoms with Crippen LogP contribution in [-0.2, 0) is 12.7 Å². The third kappa shape index (κ3) is 3.68. The van der Waals surface area contributed by atoms with E-state index in [1.807, 2.05) is 6.92 Å². The molecule has 0 bridgehead atoms. The molecular formula is C23H18F3N5O3. The van der Waals surface area contributed by atoms with Crippen molar-refractivity contribution >= 4 is 22.5 Å². The number of nitrogens with zero attached hydrogens (tertiary/aromatic N) is 5. The Labute approximate surface area is 190 Å². The van der Waals surface area contributed by atoms with Crippen LogP contribution in [0.5, 0.6) is 0 Å². The number of aliphatic hydroxyl groups is 2. The lowest BCUT2D eigenvalue weighted by molar-refractivity contribution is -0.137. The fourth-order valence-electron chi connectivity index (χ4n) is 4.09. The average molecular weight is 469 g/mol. The van der Waals surface area contributed by atoms with E-state index in [4.69, 9.17) is 0 Å². The molecule has 174 valence electrons. The van der Waals surface area contributed by atoms with Crippen LogP contribution >= 0.6 is 0 Å². The van der Waals surface area contributed by atoms with Gasteiger partial charge in [0.1, 0.15) is 5.69 Å². The quantitative estimate of drug-likeness (QED) is 0.446. The number of fused-ring (bicyclic) bond motifs is 2. The van der Waals surface area contributed by atoms with E-state index in [9.17, 15) is 28.2 Å². The molecule has 0 spiro atoms. The topological polar surface area (TPSA) is 104 Å².